The van der Waals surface area contributed by atoms with Crippen LogP contribution in [0.5, 0.6) is 0 Å². The molecule has 1 heterocycles. The van der Waals surface area contributed by atoms with Gasteiger partial charge in [-0.15, -0.1) is 0 Å². The molecule has 2 unspecified atom stereocenters. The first-order valence-corrected chi connectivity index (χ1v) is 8.46. The minimum absolute atomic E-state index is 0.149. The van der Waals surface area contributed by atoms with Crippen LogP contribution in [0.4, 0.5) is 0 Å². The zero-order chi connectivity index (χ0) is 13.0. The highest BCUT2D eigenvalue weighted by molar-refractivity contribution is 7.90. The Hall–Kier alpha value is -0.170. The van der Waals surface area contributed by atoms with E-state index in [9.17, 15) is 8.42 Å². The van der Waals surface area contributed by atoms with Gasteiger partial charge in [0.2, 0.25) is 10.0 Å². The first kappa shape index (κ1) is 14.2. The number of sulfonamides is 1. The van der Waals surface area contributed by atoms with Crippen LogP contribution in [0, 0.1) is 5.92 Å². The predicted molar refractivity (Wildman–Crippen MR) is 70.7 cm³/mol. The first-order valence-electron chi connectivity index (χ1n) is 6.91. The maximum atomic E-state index is 12.1. The minimum atomic E-state index is -3.19. The summed E-state index contributed by atoms with van der Waals surface area (Å²) in [5.41, 5.74) is 6.03. The molecule has 0 radical (unpaired) electrons. The Morgan fingerprint density at radius 3 is 2.44 bits per heavy atom. The Kier molecular flexibility index (Phi) is 5.00. The molecular formula is C12H24N2O3S. The van der Waals surface area contributed by atoms with Crippen LogP contribution in [0.15, 0.2) is 0 Å². The van der Waals surface area contributed by atoms with E-state index in [0.717, 1.165) is 19.3 Å². The molecule has 0 amide bonds. The number of rotatable bonds is 4. The third kappa shape index (κ3) is 3.66. The molecule has 1 aliphatic carbocycles. The minimum Gasteiger partial charge on any atom is -0.381 e. The van der Waals surface area contributed by atoms with E-state index in [0.29, 0.717) is 38.5 Å². The van der Waals surface area contributed by atoms with Gasteiger partial charge in [-0.05, 0) is 31.6 Å². The quantitative estimate of drug-likeness (QED) is 0.788. The van der Waals surface area contributed by atoms with Crippen LogP contribution >= 0.6 is 0 Å². The Bertz CT molecular complexity index is 352. The van der Waals surface area contributed by atoms with Gasteiger partial charge < -0.3 is 10.5 Å². The largest absolute Gasteiger partial charge is 0.381 e. The van der Waals surface area contributed by atoms with Crippen LogP contribution in [-0.2, 0) is 14.8 Å². The molecule has 1 saturated carbocycles. The molecule has 5 nitrogen and oxygen atoms in total. The van der Waals surface area contributed by atoms with E-state index < -0.39 is 10.0 Å². The molecule has 0 spiro atoms. The Balaban J connectivity index is 1.84. The van der Waals surface area contributed by atoms with Crippen molar-refractivity contribution in [2.75, 3.05) is 19.8 Å². The summed E-state index contributed by atoms with van der Waals surface area (Å²) in [7, 11) is -3.19. The van der Waals surface area contributed by atoms with Crippen molar-refractivity contribution < 1.29 is 13.2 Å². The van der Waals surface area contributed by atoms with Gasteiger partial charge in [0.05, 0.1) is 5.25 Å². The van der Waals surface area contributed by atoms with Gasteiger partial charge in [-0.25, -0.2) is 13.1 Å². The molecule has 1 saturated heterocycles. The SMILES string of the molecule is NC1CCCCC1CNS(=O)(=O)C1CCOCC1. The lowest BCUT2D eigenvalue weighted by Crippen LogP contribution is -2.44. The van der Waals surface area contributed by atoms with Crippen LogP contribution in [0.25, 0.3) is 0 Å². The van der Waals surface area contributed by atoms with E-state index in [1.54, 1.807) is 0 Å². The van der Waals surface area contributed by atoms with Gasteiger partial charge in [0.15, 0.2) is 0 Å². The molecular weight excluding hydrogens is 252 g/mol. The van der Waals surface area contributed by atoms with Crippen molar-refractivity contribution >= 4 is 10.0 Å². The van der Waals surface area contributed by atoms with E-state index >= 15 is 0 Å². The molecule has 2 fully saturated rings. The van der Waals surface area contributed by atoms with E-state index in [2.05, 4.69) is 4.72 Å². The normalized spacial score (nSPS) is 31.4. The van der Waals surface area contributed by atoms with Gasteiger partial charge in [0.25, 0.3) is 0 Å². The van der Waals surface area contributed by atoms with Crippen molar-refractivity contribution in [1.82, 2.24) is 4.72 Å². The van der Waals surface area contributed by atoms with Crippen LogP contribution in [0.2, 0.25) is 0 Å². The Labute approximate surface area is 110 Å². The average molecular weight is 276 g/mol. The molecule has 1 aliphatic heterocycles. The summed E-state index contributed by atoms with van der Waals surface area (Å²) in [5.74, 6) is 0.299. The van der Waals surface area contributed by atoms with Gasteiger partial charge in [0.1, 0.15) is 0 Å². The Morgan fingerprint density at radius 2 is 1.78 bits per heavy atom. The van der Waals surface area contributed by atoms with Gasteiger partial charge in [0, 0.05) is 25.8 Å². The van der Waals surface area contributed by atoms with Gasteiger partial charge >= 0.3 is 0 Å². The van der Waals surface area contributed by atoms with Crippen molar-refractivity contribution in [3.63, 3.8) is 0 Å². The van der Waals surface area contributed by atoms with Crippen LogP contribution in [-0.4, -0.2) is 39.5 Å². The second-order valence-corrected chi connectivity index (χ2v) is 7.46. The first-order chi connectivity index (χ1) is 8.59. The summed E-state index contributed by atoms with van der Waals surface area (Å²) in [6, 6.07) is 0.149. The van der Waals surface area contributed by atoms with Crippen LogP contribution in [0.3, 0.4) is 0 Å². The molecule has 18 heavy (non-hydrogen) atoms. The van der Waals surface area contributed by atoms with Gasteiger partial charge in [-0.3, -0.25) is 0 Å². The Morgan fingerprint density at radius 1 is 1.11 bits per heavy atom. The second-order valence-electron chi connectivity index (χ2n) is 5.41. The maximum Gasteiger partial charge on any atom is 0.214 e. The highest BCUT2D eigenvalue weighted by atomic mass is 32.2. The lowest BCUT2D eigenvalue weighted by molar-refractivity contribution is 0.0981. The highest BCUT2D eigenvalue weighted by Gasteiger charge is 2.29. The highest BCUT2D eigenvalue weighted by Crippen LogP contribution is 2.23. The number of nitrogens with two attached hydrogens (primary N) is 1. The summed E-state index contributed by atoms with van der Waals surface area (Å²) >= 11 is 0. The standard InChI is InChI=1S/C12H24N2O3S/c13-12-4-2-1-3-10(12)9-14-18(15,16)11-5-7-17-8-6-11/h10-12,14H,1-9,13H2. The summed E-state index contributed by atoms with van der Waals surface area (Å²) in [6.45, 7) is 1.60. The lowest BCUT2D eigenvalue weighted by atomic mass is 9.85. The zero-order valence-electron chi connectivity index (χ0n) is 10.8. The number of hydrogen-bond acceptors (Lipinski definition) is 4. The van der Waals surface area contributed by atoms with E-state index in [1.165, 1.54) is 6.42 Å². The third-order valence-corrected chi connectivity index (χ3v) is 6.04. The smallest absolute Gasteiger partial charge is 0.214 e. The van der Waals surface area contributed by atoms with Crippen molar-refractivity contribution in [3.8, 4) is 0 Å². The van der Waals surface area contributed by atoms with Crippen LogP contribution < -0.4 is 10.5 Å². The summed E-state index contributed by atoms with van der Waals surface area (Å²) in [5, 5.41) is -0.286. The van der Waals surface area contributed by atoms with Crippen molar-refractivity contribution in [2.24, 2.45) is 11.7 Å². The van der Waals surface area contributed by atoms with Gasteiger partial charge in [-0.1, -0.05) is 12.8 Å². The molecule has 2 atom stereocenters. The molecule has 0 bridgehead atoms. The number of ether oxygens (including phenoxy) is 1. The van der Waals surface area contributed by atoms with E-state index in [1.807, 2.05) is 0 Å². The monoisotopic (exact) mass is 276 g/mol. The maximum absolute atomic E-state index is 12.1. The lowest BCUT2D eigenvalue weighted by Gasteiger charge is -2.29. The number of hydrogen-bond donors (Lipinski definition) is 2. The molecule has 0 aromatic heterocycles. The van der Waals surface area contributed by atoms with Gasteiger partial charge in [-0.2, -0.15) is 0 Å². The molecule has 2 rings (SSSR count). The van der Waals surface area contributed by atoms with E-state index in [4.69, 9.17) is 10.5 Å². The van der Waals surface area contributed by atoms with E-state index in [-0.39, 0.29) is 11.3 Å². The van der Waals surface area contributed by atoms with Crippen LogP contribution in [0.1, 0.15) is 38.5 Å². The van der Waals surface area contributed by atoms with Crippen molar-refractivity contribution in [2.45, 2.75) is 49.8 Å². The molecule has 3 N–H and O–H groups in total. The molecule has 106 valence electrons. The fraction of sp³-hybridized carbons (Fsp3) is 1.00. The predicted octanol–water partition coefficient (Wildman–Crippen LogP) is 0.602. The fourth-order valence-corrected chi connectivity index (χ4v) is 4.31. The topological polar surface area (TPSA) is 81.4 Å². The zero-order valence-corrected chi connectivity index (χ0v) is 11.6. The van der Waals surface area contributed by atoms with Crippen molar-refractivity contribution in [1.29, 1.82) is 0 Å². The average Bonchev–Trinajstić information content (AvgIpc) is 2.39. The molecule has 6 heteroatoms. The number of nitrogens with one attached hydrogen (secondary N) is 1. The third-order valence-electron chi connectivity index (χ3n) is 4.12. The summed E-state index contributed by atoms with van der Waals surface area (Å²) < 4.78 is 32.2. The second kappa shape index (κ2) is 6.32. The summed E-state index contributed by atoms with van der Waals surface area (Å²) in [4.78, 5) is 0. The fourth-order valence-electron chi connectivity index (χ4n) is 2.82. The van der Waals surface area contributed by atoms with Crippen molar-refractivity contribution in [3.05, 3.63) is 0 Å². The molecule has 2 aliphatic rings. The molecule has 0 aromatic rings. The molecule has 0 aromatic carbocycles. The summed E-state index contributed by atoms with van der Waals surface area (Å²) in [6.07, 6.45) is 5.60.